The molecule has 0 atom stereocenters. The van der Waals surface area contributed by atoms with Gasteiger partial charge in [0.15, 0.2) is 0 Å². The van der Waals surface area contributed by atoms with Gasteiger partial charge in [0.2, 0.25) is 10.1 Å². The fraction of sp³-hybridized carbons (Fsp3) is 0.308. The molecule has 0 aliphatic rings. The maximum atomic E-state index is 11.7. The van der Waals surface area contributed by atoms with Gasteiger partial charge in [-0.3, -0.25) is 4.79 Å². The number of rotatable bonds is 6. The zero-order valence-electron chi connectivity index (χ0n) is 11.4. The van der Waals surface area contributed by atoms with E-state index >= 15 is 0 Å². The molecule has 0 fully saturated rings. The first-order valence-corrected chi connectivity index (χ1v) is 8.41. The minimum absolute atomic E-state index is 0.144. The highest BCUT2D eigenvalue weighted by Gasteiger charge is 2.06. The highest BCUT2D eigenvalue weighted by molar-refractivity contribution is 7.98. The number of aromatic nitrogens is 3. The van der Waals surface area contributed by atoms with Crippen molar-refractivity contribution in [2.24, 2.45) is 0 Å². The van der Waals surface area contributed by atoms with Gasteiger partial charge in [0.25, 0.3) is 5.56 Å². The Balaban J connectivity index is 1.53. The second-order valence-electron chi connectivity index (χ2n) is 4.40. The lowest BCUT2D eigenvalue weighted by Crippen LogP contribution is -2.14. The number of aryl methyl sites for hydroxylation is 1. The molecule has 0 unspecified atom stereocenters. The van der Waals surface area contributed by atoms with Crippen molar-refractivity contribution >= 4 is 33.2 Å². The van der Waals surface area contributed by atoms with Gasteiger partial charge in [-0.25, -0.2) is 4.98 Å². The Morgan fingerprint density at radius 1 is 1.52 bits per heavy atom. The van der Waals surface area contributed by atoms with Crippen LogP contribution in [0.25, 0.3) is 4.96 Å². The van der Waals surface area contributed by atoms with Gasteiger partial charge in [-0.05, 0) is 19.1 Å². The molecule has 0 amide bonds. The van der Waals surface area contributed by atoms with Crippen LogP contribution in [0.5, 0.6) is 0 Å². The summed E-state index contributed by atoms with van der Waals surface area (Å²) < 4.78 is 6.59. The average molecular weight is 322 g/mol. The summed E-state index contributed by atoms with van der Waals surface area (Å²) in [5.74, 6) is 2.76. The van der Waals surface area contributed by atoms with Gasteiger partial charge < -0.3 is 9.73 Å². The van der Waals surface area contributed by atoms with Crippen molar-refractivity contribution in [3.05, 3.63) is 46.3 Å². The van der Waals surface area contributed by atoms with Gasteiger partial charge in [-0.15, -0.1) is 5.10 Å². The van der Waals surface area contributed by atoms with Gasteiger partial charge >= 0.3 is 0 Å². The molecule has 3 aromatic heterocycles. The van der Waals surface area contributed by atoms with E-state index in [2.05, 4.69) is 15.4 Å². The lowest BCUT2D eigenvalue weighted by Gasteiger charge is -2.00. The summed E-state index contributed by atoms with van der Waals surface area (Å²) >= 11 is 3.16. The third-order valence-corrected chi connectivity index (χ3v) is 4.57. The number of nitrogens with one attached hydrogen (secondary N) is 1. The molecular weight excluding hydrogens is 308 g/mol. The molecule has 0 aliphatic heterocycles. The minimum Gasteiger partial charge on any atom is -0.468 e. The Morgan fingerprint density at radius 2 is 2.43 bits per heavy atom. The van der Waals surface area contributed by atoms with Crippen LogP contribution in [0.1, 0.15) is 11.5 Å². The van der Waals surface area contributed by atoms with Crippen LogP contribution in [-0.2, 0) is 5.75 Å². The smallest absolute Gasteiger partial charge is 0.275 e. The van der Waals surface area contributed by atoms with E-state index in [-0.39, 0.29) is 5.56 Å². The first-order valence-electron chi connectivity index (χ1n) is 6.44. The normalized spacial score (nSPS) is 11.1. The molecule has 0 saturated carbocycles. The van der Waals surface area contributed by atoms with Crippen molar-refractivity contribution < 1.29 is 4.42 Å². The summed E-state index contributed by atoms with van der Waals surface area (Å²) in [6, 6.07) is 5.34. The second kappa shape index (κ2) is 6.31. The standard InChI is InChI=1S/C13H14N4O2S2/c1-9-7-11(18)17-13(15-9)21-12(16-17)14-4-6-20-8-10-3-2-5-19-10/h2-3,5,7H,4,6,8H2,1H3,(H,14,16). The third-order valence-electron chi connectivity index (χ3n) is 2.72. The van der Waals surface area contributed by atoms with E-state index in [0.717, 1.165) is 23.8 Å². The fourth-order valence-corrected chi connectivity index (χ4v) is 3.42. The highest BCUT2D eigenvalue weighted by Crippen LogP contribution is 2.17. The van der Waals surface area contributed by atoms with E-state index in [9.17, 15) is 4.79 Å². The van der Waals surface area contributed by atoms with Crippen LogP contribution in [0.3, 0.4) is 0 Å². The third kappa shape index (κ3) is 3.45. The molecule has 0 bridgehead atoms. The minimum atomic E-state index is -0.144. The molecule has 8 heteroatoms. The van der Waals surface area contributed by atoms with Gasteiger partial charge in [-0.2, -0.15) is 16.3 Å². The number of thioether (sulfide) groups is 1. The van der Waals surface area contributed by atoms with Crippen molar-refractivity contribution in [2.45, 2.75) is 12.7 Å². The monoisotopic (exact) mass is 322 g/mol. The molecule has 110 valence electrons. The molecule has 21 heavy (non-hydrogen) atoms. The van der Waals surface area contributed by atoms with E-state index in [0.29, 0.717) is 15.8 Å². The largest absolute Gasteiger partial charge is 0.468 e. The van der Waals surface area contributed by atoms with Crippen LogP contribution in [0.4, 0.5) is 5.13 Å². The van der Waals surface area contributed by atoms with E-state index in [1.165, 1.54) is 21.9 Å². The quantitative estimate of drug-likeness (QED) is 0.703. The van der Waals surface area contributed by atoms with Crippen molar-refractivity contribution in [1.29, 1.82) is 0 Å². The lowest BCUT2D eigenvalue weighted by atomic mass is 10.5. The van der Waals surface area contributed by atoms with Crippen LogP contribution in [0.15, 0.2) is 33.7 Å². The Kier molecular flexibility index (Phi) is 4.26. The molecule has 0 saturated heterocycles. The first-order chi connectivity index (χ1) is 10.2. The van der Waals surface area contributed by atoms with Gasteiger partial charge in [0.1, 0.15) is 5.76 Å². The molecule has 3 heterocycles. The van der Waals surface area contributed by atoms with Crippen LogP contribution < -0.4 is 10.9 Å². The van der Waals surface area contributed by atoms with E-state index in [1.54, 1.807) is 24.9 Å². The number of anilines is 1. The van der Waals surface area contributed by atoms with Crippen molar-refractivity contribution in [3.8, 4) is 0 Å². The fourth-order valence-electron chi connectivity index (χ4n) is 1.79. The van der Waals surface area contributed by atoms with E-state index < -0.39 is 0 Å². The predicted octanol–water partition coefficient (Wildman–Crippen LogP) is 2.40. The summed E-state index contributed by atoms with van der Waals surface area (Å²) in [4.78, 5) is 16.7. The van der Waals surface area contributed by atoms with E-state index in [4.69, 9.17) is 4.42 Å². The molecule has 0 spiro atoms. The number of fused-ring (bicyclic) bond motifs is 1. The van der Waals surface area contributed by atoms with Crippen molar-refractivity contribution in [3.63, 3.8) is 0 Å². The van der Waals surface area contributed by atoms with Crippen molar-refractivity contribution in [2.75, 3.05) is 17.6 Å². The molecule has 6 nitrogen and oxygen atoms in total. The number of furan rings is 1. The molecule has 0 aromatic carbocycles. The van der Waals surface area contributed by atoms with Crippen LogP contribution in [-0.4, -0.2) is 26.9 Å². The average Bonchev–Trinajstić information content (AvgIpc) is 3.07. The van der Waals surface area contributed by atoms with Crippen LogP contribution in [0, 0.1) is 6.92 Å². The molecular formula is C13H14N4O2S2. The molecule has 1 N–H and O–H groups in total. The summed E-state index contributed by atoms with van der Waals surface area (Å²) in [5, 5.41) is 8.15. The number of hydrogen-bond acceptors (Lipinski definition) is 7. The van der Waals surface area contributed by atoms with Gasteiger partial charge in [-0.1, -0.05) is 11.3 Å². The zero-order chi connectivity index (χ0) is 14.7. The Bertz CT molecular complexity index is 779. The summed E-state index contributed by atoms with van der Waals surface area (Å²) in [6.45, 7) is 2.58. The second-order valence-corrected chi connectivity index (χ2v) is 6.46. The highest BCUT2D eigenvalue weighted by atomic mass is 32.2. The summed E-state index contributed by atoms with van der Waals surface area (Å²) in [7, 11) is 0. The van der Waals surface area contributed by atoms with Crippen molar-refractivity contribution in [1.82, 2.24) is 14.6 Å². The molecule has 0 radical (unpaired) electrons. The zero-order valence-corrected chi connectivity index (χ0v) is 13.0. The van der Waals surface area contributed by atoms with Crippen LogP contribution >= 0.6 is 23.1 Å². The molecule has 0 aliphatic carbocycles. The Hall–Kier alpha value is -1.80. The Morgan fingerprint density at radius 3 is 3.24 bits per heavy atom. The molecule has 3 aromatic rings. The van der Waals surface area contributed by atoms with Gasteiger partial charge in [0, 0.05) is 24.1 Å². The first kappa shape index (κ1) is 14.2. The summed E-state index contributed by atoms with van der Waals surface area (Å²) in [5.41, 5.74) is 0.568. The Labute approximate surface area is 129 Å². The lowest BCUT2D eigenvalue weighted by molar-refractivity contribution is 0.530. The maximum Gasteiger partial charge on any atom is 0.275 e. The predicted molar refractivity (Wildman–Crippen MR) is 85.2 cm³/mol. The number of nitrogens with zero attached hydrogens (tertiary/aromatic N) is 3. The summed E-state index contributed by atoms with van der Waals surface area (Å²) in [6.07, 6.45) is 1.68. The maximum absolute atomic E-state index is 11.7. The SMILES string of the molecule is Cc1cc(=O)n2nc(NCCSCc3ccco3)sc2n1. The topological polar surface area (TPSA) is 72.4 Å². The van der Waals surface area contributed by atoms with Gasteiger partial charge in [0.05, 0.1) is 12.0 Å². The molecule has 3 rings (SSSR count). The number of hydrogen-bond donors (Lipinski definition) is 1. The van der Waals surface area contributed by atoms with Crippen LogP contribution in [0.2, 0.25) is 0 Å². The van der Waals surface area contributed by atoms with E-state index in [1.807, 2.05) is 12.1 Å².